The number of amides is 2. The van der Waals surface area contributed by atoms with Crippen LogP contribution in [-0.2, 0) is 56.1 Å². The van der Waals surface area contributed by atoms with Crippen molar-refractivity contribution < 1.29 is 62.7 Å². The van der Waals surface area contributed by atoms with Crippen LogP contribution in [0, 0.1) is 35.5 Å². The maximum atomic E-state index is 12.6. The minimum atomic E-state index is -0.871. The van der Waals surface area contributed by atoms with Gasteiger partial charge in [0, 0.05) is 49.7 Å². The van der Waals surface area contributed by atoms with E-state index in [0.29, 0.717) is 38.8 Å². The van der Waals surface area contributed by atoms with Crippen LogP contribution in [0.2, 0.25) is 0 Å². The van der Waals surface area contributed by atoms with Gasteiger partial charge in [0.1, 0.15) is 37.1 Å². The molecule has 64 heavy (non-hydrogen) atoms. The van der Waals surface area contributed by atoms with Gasteiger partial charge in [-0.2, -0.15) is 0 Å². The molecule has 3 N–H and O–H groups in total. The lowest BCUT2D eigenvalue weighted by atomic mass is 9.87. The number of nitrogens with one attached hydrogen (secondary N) is 1. The van der Waals surface area contributed by atoms with Crippen molar-refractivity contribution in [1.82, 2.24) is 15.1 Å². The van der Waals surface area contributed by atoms with Crippen molar-refractivity contribution in [1.29, 1.82) is 0 Å². The lowest BCUT2D eigenvalue weighted by molar-refractivity contribution is -0.150. The van der Waals surface area contributed by atoms with Gasteiger partial charge in [-0.05, 0) is 89.7 Å². The van der Waals surface area contributed by atoms with Gasteiger partial charge in [-0.1, -0.05) is 60.7 Å². The first-order valence-corrected chi connectivity index (χ1v) is 22.8. The van der Waals surface area contributed by atoms with E-state index in [-0.39, 0.29) is 86.3 Å². The predicted octanol–water partition coefficient (Wildman–Crippen LogP) is 4.81. The number of carbonyl (C=O) groups is 6. The molecule has 3 aliphatic carbocycles. The highest BCUT2D eigenvalue weighted by Crippen LogP contribution is 2.49. The summed E-state index contributed by atoms with van der Waals surface area (Å²) in [4.78, 5) is 76.2. The number of hydrogen-bond donors (Lipinski definition) is 3. The molecule has 3 heterocycles. The van der Waals surface area contributed by atoms with Gasteiger partial charge in [-0.15, -0.1) is 0 Å². The molecule has 2 aromatic rings. The van der Waals surface area contributed by atoms with E-state index in [1.165, 1.54) is 9.80 Å². The van der Waals surface area contributed by atoms with E-state index in [9.17, 15) is 39.0 Å². The molecule has 0 aromatic heterocycles. The number of hydrogen-bond acceptors (Lipinski definition) is 14. The van der Waals surface area contributed by atoms with Gasteiger partial charge >= 0.3 is 30.1 Å². The van der Waals surface area contributed by atoms with Crippen LogP contribution >= 0.6 is 0 Å². The van der Waals surface area contributed by atoms with E-state index in [1.807, 2.05) is 74.5 Å². The van der Waals surface area contributed by atoms with E-state index in [0.717, 1.165) is 30.5 Å². The van der Waals surface area contributed by atoms with Crippen LogP contribution in [0.4, 0.5) is 9.59 Å². The minimum absolute atomic E-state index is 0.0849. The number of fused-ring (bicyclic) bond motifs is 3. The maximum Gasteiger partial charge on any atom is 0.410 e. The van der Waals surface area contributed by atoms with Crippen molar-refractivity contribution in [3.63, 3.8) is 0 Å². The molecule has 6 aliphatic rings. The van der Waals surface area contributed by atoms with Crippen molar-refractivity contribution >= 4 is 35.9 Å². The second-order valence-corrected chi connectivity index (χ2v) is 18.0. The van der Waals surface area contributed by atoms with Gasteiger partial charge in [0.05, 0.1) is 31.0 Å². The zero-order valence-corrected chi connectivity index (χ0v) is 37.6. The van der Waals surface area contributed by atoms with Gasteiger partial charge < -0.3 is 39.2 Å². The lowest BCUT2D eigenvalue weighted by Crippen LogP contribution is -2.44. The van der Waals surface area contributed by atoms with E-state index >= 15 is 0 Å². The SMILES string of the molecule is CCOC(=O)[C@@H]1[C@H]2CCC(=O)[C@H]2CN1C(=O)OCc1ccccc1.CCOC(=O)[C@@H]1[C@H]2CC[C@@](C)(O)[C@H]2CN1C(=O)OCc1ccccc1.CCOC(=O)[C@H]1NC[C@H]2[C@@H]1CC[C@@]2(C)O. The second-order valence-electron chi connectivity index (χ2n) is 18.0. The first-order valence-electron chi connectivity index (χ1n) is 22.8. The Hall–Kier alpha value is -5.06. The van der Waals surface area contributed by atoms with Crippen LogP contribution in [0.5, 0.6) is 0 Å². The number of ether oxygens (including phenoxy) is 5. The van der Waals surface area contributed by atoms with Crippen LogP contribution < -0.4 is 5.32 Å². The van der Waals surface area contributed by atoms with Gasteiger partial charge in [-0.3, -0.25) is 19.4 Å². The summed E-state index contributed by atoms with van der Waals surface area (Å²) >= 11 is 0. The van der Waals surface area contributed by atoms with Crippen LogP contribution in [-0.4, -0.2) is 125 Å². The fourth-order valence-corrected chi connectivity index (χ4v) is 10.7. The highest BCUT2D eigenvalue weighted by molar-refractivity contribution is 5.90. The Morgan fingerprint density at radius 3 is 1.62 bits per heavy atom. The number of Topliss-reactive ketones (excluding diaryl/α,β-unsaturated/α-hetero) is 1. The summed E-state index contributed by atoms with van der Waals surface area (Å²) in [6.45, 7) is 11.4. The zero-order chi connectivity index (χ0) is 46.2. The highest BCUT2D eigenvalue weighted by Gasteiger charge is 2.58. The summed E-state index contributed by atoms with van der Waals surface area (Å²) in [5, 5.41) is 23.8. The first kappa shape index (κ1) is 48.4. The van der Waals surface area contributed by atoms with Gasteiger partial charge in [-0.25, -0.2) is 19.2 Å². The van der Waals surface area contributed by atoms with Crippen LogP contribution in [0.3, 0.4) is 0 Å². The maximum absolute atomic E-state index is 12.6. The molecule has 350 valence electrons. The number of aliphatic hydroxyl groups is 2. The smallest absolute Gasteiger partial charge is 0.410 e. The van der Waals surface area contributed by atoms with Crippen LogP contribution in [0.1, 0.15) is 84.3 Å². The molecule has 16 nitrogen and oxygen atoms in total. The summed E-state index contributed by atoms with van der Waals surface area (Å²) < 4.78 is 26.0. The zero-order valence-electron chi connectivity index (χ0n) is 37.6. The number of rotatable bonds is 10. The van der Waals surface area contributed by atoms with Crippen molar-refractivity contribution in [2.75, 3.05) is 39.5 Å². The Kier molecular flexibility index (Phi) is 16.1. The van der Waals surface area contributed by atoms with Crippen LogP contribution in [0.25, 0.3) is 0 Å². The molecule has 3 aliphatic heterocycles. The number of ketones is 1. The monoisotopic (exact) mass is 891 g/mol. The molecule has 0 radical (unpaired) electrons. The number of esters is 3. The topological polar surface area (TPSA) is 208 Å². The summed E-state index contributed by atoms with van der Waals surface area (Å²) in [6.07, 6.45) is 3.02. The normalized spacial score (nSPS) is 31.9. The van der Waals surface area contributed by atoms with Crippen LogP contribution in [0.15, 0.2) is 60.7 Å². The summed E-state index contributed by atoms with van der Waals surface area (Å²) in [6, 6.07) is 17.1. The number of benzene rings is 2. The molecule has 3 saturated heterocycles. The third-order valence-electron chi connectivity index (χ3n) is 14.0. The van der Waals surface area contributed by atoms with E-state index < -0.39 is 47.4 Å². The average molecular weight is 892 g/mol. The highest BCUT2D eigenvalue weighted by atomic mass is 16.6. The van der Waals surface area contributed by atoms with Gasteiger partial charge in [0.25, 0.3) is 0 Å². The Balaban J connectivity index is 0.000000164. The molecule has 16 heteroatoms. The molecule has 2 aromatic carbocycles. The number of carbonyl (C=O) groups excluding carboxylic acids is 6. The first-order chi connectivity index (χ1) is 30.6. The van der Waals surface area contributed by atoms with Gasteiger partial charge in [0.15, 0.2) is 0 Å². The molecule has 8 rings (SSSR count). The Morgan fingerprint density at radius 2 is 1.09 bits per heavy atom. The largest absolute Gasteiger partial charge is 0.465 e. The van der Waals surface area contributed by atoms with Crippen molar-refractivity contribution in [2.45, 2.75) is 116 Å². The Bertz CT molecular complexity index is 1940. The van der Waals surface area contributed by atoms with E-state index in [4.69, 9.17) is 23.7 Å². The molecular weight excluding hydrogens is 827 g/mol. The predicted molar refractivity (Wildman–Crippen MR) is 231 cm³/mol. The Morgan fingerprint density at radius 1 is 0.625 bits per heavy atom. The van der Waals surface area contributed by atoms with E-state index in [1.54, 1.807) is 20.8 Å². The molecule has 6 fully saturated rings. The molecule has 0 spiro atoms. The summed E-state index contributed by atoms with van der Waals surface area (Å²) in [5.41, 5.74) is 0.270. The Labute approximate surface area is 375 Å². The molecule has 3 saturated carbocycles. The summed E-state index contributed by atoms with van der Waals surface area (Å²) in [5.74, 6) is -1.10. The van der Waals surface area contributed by atoms with Crippen molar-refractivity contribution in [3.8, 4) is 0 Å². The van der Waals surface area contributed by atoms with Crippen molar-refractivity contribution in [2.24, 2.45) is 35.5 Å². The molecule has 2 amide bonds. The lowest BCUT2D eigenvalue weighted by Gasteiger charge is -2.26. The van der Waals surface area contributed by atoms with Crippen molar-refractivity contribution in [3.05, 3.63) is 71.8 Å². The minimum Gasteiger partial charge on any atom is -0.465 e. The third-order valence-corrected chi connectivity index (χ3v) is 14.0. The second kappa shape index (κ2) is 21.3. The van der Waals surface area contributed by atoms with E-state index in [2.05, 4.69) is 5.32 Å². The average Bonchev–Trinajstić information content (AvgIpc) is 4.13. The standard InChI is InChI=1S/C19H25NO5.C18H21NO5.C11H19NO3/c1-3-24-17(21)16-14-9-10-19(2,23)15(14)11-20(16)18(22)25-12-13-7-5-4-6-8-13;1-2-23-17(21)16-13-8-9-15(20)14(13)10-19(16)18(22)24-11-12-6-4-3-5-7-12;1-3-15-10(13)9-7-4-5-11(2,14)8(7)6-12-9/h4-8,14-16,23H,3,9-12H2,1-2H3;3-7,13-14,16H,2,8-11H2,1H3;7-9,12,14H,3-6H2,1-2H3/t14-,15-,16-,19+;13-,14-,16-;7-,8-,9-,11+/m000/s1. The summed E-state index contributed by atoms with van der Waals surface area (Å²) in [7, 11) is 0. The van der Waals surface area contributed by atoms with Gasteiger partial charge in [0.2, 0.25) is 0 Å². The molecule has 0 bridgehead atoms. The fraction of sp³-hybridized carbons (Fsp3) is 0.625. The number of likely N-dealkylation sites (tertiary alicyclic amines) is 2. The molecular formula is C48H65N3O13. The fourth-order valence-electron chi connectivity index (χ4n) is 10.7. The molecule has 0 unspecified atom stereocenters. The number of nitrogens with zero attached hydrogens (tertiary/aromatic N) is 2. The molecule has 11 atom stereocenters. The third kappa shape index (κ3) is 10.9. The quantitative estimate of drug-likeness (QED) is 0.216.